The minimum Gasteiger partial charge on any atom is -0.348 e. The van der Waals surface area contributed by atoms with Gasteiger partial charge in [0.25, 0.3) is 0 Å². The van der Waals surface area contributed by atoms with Gasteiger partial charge >= 0.3 is 0 Å². The van der Waals surface area contributed by atoms with Crippen molar-refractivity contribution >= 4 is 15.9 Å². The Balaban J connectivity index is 2.08. The molecule has 1 aliphatic heterocycles. The zero-order chi connectivity index (χ0) is 16.2. The van der Waals surface area contributed by atoms with Crippen molar-refractivity contribution in [2.45, 2.75) is 31.2 Å². The van der Waals surface area contributed by atoms with Crippen LogP contribution < -0.4 is 5.32 Å². The number of carbonyl (C=O) groups excluding carboxylic acids is 1. The van der Waals surface area contributed by atoms with E-state index in [9.17, 15) is 13.2 Å². The zero-order valence-electron chi connectivity index (χ0n) is 12.8. The predicted octanol–water partition coefficient (Wildman–Crippen LogP) is 1.91. The molecule has 1 amide bonds. The standard InChI is InChI=1S/C16H22N2O3S/c1-3-16(19)17-11-14-6-8-15(9-7-14)22(20,21)18-10-4-5-13(2)12-18/h3,6-9,13H,1,4-5,10-12H2,2H3,(H,17,19). The normalized spacial score (nSPS) is 19.6. The van der Waals surface area contributed by atoms with Crippen molar-refractivity contribution in [3.05, 3.63) is 42.5 Å². The second-order valence-electron chi connectivity index (χ2n) is 5.68. The Labute approximate surface area is 132 Å². The number of amides is 1. The van der Waals surface area contributed by atoms with Crippen molar-refractivity contribution in [3.8, 4) is 0 Å². The number of benzene rings is 1. The molecule has 1 aromatic carbocycles. The molecular weight excluding hydrogens is 300 g/mol. The molecule has 1 unspecified atom stereocenters. The van der Waals surface area contributed by atoms with Gasteiger partial charge in [0.15, 0.2) is 0 Å². The fraction of sp³-hybridized carbons (Fsp3) is 0.438. The molecule has 0 aromatic heterocycles. The van der Waals surface area contributed by atoms with Crippen molar-refractivity contribution in [1.82, 2.24) is 9.62 Å². The lowest BCUT2D eigenvalue weighted by molar-refractivity contribution is -0.116. The lowest BCUT2D eigenvalue weighted by Crippen LogP contribution is -2.39. The van der Waals surface area contributed by atoms with Gasteiger partial charge in [-0.3, -0.25) is 4.79 Å². The first kappa shape index (κ1) is 16.7. The van der Waals surface area contributed by atoms with Crippen molar-refractivity contribution in [2.24, 2.45) is 5.92 Å². The molecule has 5 nitrogen and oxygen atoms in total. The average molecular weight is 322 g/mol. The highest BCUT2D eigenvalue weighted by molar-refractivity contribution is 7.89. The molecule has 0 saturated carbocycles. The molecule has 1 fully saturated rings. The van der Waals surface area contributed by atoms with E-state index < -0.39 is 10.0 Å². The Kier molecular flexibility index (Phi) is 5.37. The summed E-state index contributed by atoms with van der Waals surface area (Å²) >= 11 is 0. The molecular formula is C16H22N2O3S. The number of hydrogen-bond acceptors (Lipinski definition) is 3. The summed E-state index contributed by atoms with van der Waals surface area (Å²) in [5.74, 6) is 0.149. The quantitative estimate of drug-likeness (QED) is 0.842. The summed E-state index contributed by atoms with van der Waals surface area (Å²) in [6.07, 6.45) is 3.19. The maximum Gasteiger partial charge on any atom is 0.243 e. The number of rotatable bonds is 5. The van der Waals surface area contributed by atoms with Gasteiger partial charge in [-0.15, -0.1) is 0 Å². The lowest BCUT2D eigenvalue weighted by Gasteiger charge is -2.30. The van der Waals surface area contributed by atoms with E-state index in [0.717, 1.165) is 18.4 Å². The minimum atomic E-state index is -3.42. The Bertz CT molecular complexity index is 638. The van der Waals surface area contributed by atoms with E-state index >= 15 is 0 Å². The first-order valence-electron chi connectivity index (χ1n) is 7.43. The summed E-state index contributed by atoms with van der Waals surface area (Å²) in [6, 6.07) is 6.65. The van der Waals surface area contributed by atoms with E-state index in [0.29, 0.717) is 30.4 Å². The molecule has 120 valence electrons. The van der Waals surface area contributed by atoms with Gasteiger partial charge in [-0.05, 0) is 42.5 Å². The Morgan fingerprint density at radius 3 is 2.68 bits per heavy atom. The van der Waals surface area contributed by atoms with E-state index in [1.165, 1.54) is 6.08 Å². The minimum absolute atomic E-state index is 0.251. The molecule has 1 N–H and O–H groups in total. The van der Waals surface area contributed by atoms with Crippen LogP contribution in [0.3, 0.4) is 0 Å². The first-order chi connectivity index (χ1) is 10.4. The molecule has 6 heteroatoms. The molecule has 0 aliphatic carbocycles. The van der Waals surface area contributed by atoms with Crippen molar-refractivity contribution < 1.29 is 13.2 Å². The maximum absolute atomic E-state index is 12.6. The summed E-state index contributed by atoms with van der Waals surface area (Å²) in [7, 11) is -3.42. The van der Waals surface area contributed by atoms with Crippen molar-refractivity contribution in [2.75, 3.05) is 13.1 Å². The number of sulfonamides is 1. The number of carbonyl (C=O) groups is 1. The second-order valence-corrected chi connectivity index (χ2v) is 7.61. The molecule has 0 spiro atoms. The summed E-state index contributed by atoms with van der Waals surface area (Å²) in [6.45, 7) is 6.98. The van der Waals surface area contributed by atoms with Crippen molar-refractivity contribution in [3.63, 3.8) is 0 Å². The fourth-order valence-electron chi connectivity index (χ4n) is 2.55. The van der Waals surface area contributed by atoms with Crippen LogP contribution in [-0.2, 0) is 21.4 Å². The summed E-state index contributed by atoms with van der Waals surface area (Å²) in [4.78, 5) is 11.4. The molecule has 22 heavy (non-hydrogen) atoms. The highest BCUT2D eigenvalue weighted by Gasteiger charge is 2.28. The molecule has 2 rings (SSSR count). The van der Waals surface area contributed by atoms with Crippen LogP contribution in [0.15, 0.2) is 41.8 Å². The van der Waals surface area contributed by atoms with Crippen LogP contribution in [0.2, 0.25) is 0 Å². The average Bonchev–Trinajstić information content (AvgIpc) is 2.53. The van der Waals surface area contributed by atoms with Gasteiger partial charge in [-0.25, -0.2) is 8.42 Å². The Hall–Kier alpha value is -1.66. The molecule has 1 saturated heterocycles. The van der Waals surface area contributed by atoms with Crippen LogP contribution in [0, 0.1) is 5.92 Å². The van der Waals surface area contributed by atoms with Crippen LogP contribution in [-0.4, -0.2) is 31.7 Å². The monoisotopic (exact) mass is 322 g/mol. The van der Waals surface area contributed by atoms with E-state index in [1.807, 2.05) is 0 Å². The summed E-state index contributed by atoms with van der Waals surface area (Å²) < 4.78 is 26.8. The number of nitrogens with one attached hydrogen (secondary N) is 1. The van der Waals surface area contributed by atoms with Gasteiger partial charge in [0.1, 0.15) is 0 Å². The van der Waals surface area contributed by atoms with Gasteiger partial charge in [-0.1, -0.05) is 25.6 Å². The third kappa shape index (κ3) is 3.96. The zero-order valence-corrected chi connectivity index (χ0v) is 13.6. The molecule has 1 aromatic rings. The molecule has 1 heterocycles. The summed E-state index contributed by atoms with van der Waals surface area (Å²) in [5, 5.41) is 2.66. The molecule has 0 bridgehead atoms. The fourth-order valence-corrected chi connectivity index (χ4v) is 4.15. The van der Waals surface area contributed by atoms with E-state index in [1.54, 1.807) is 28.6 Å². The topological polar surface area (TPSA) is 66.5 Å². The summed E-state index contributed by atoms with van der Waals surface area (Å²) in [5.41, 5.74) is 0.848. The molecule has 0 radical (unpaired) electrons. The van der Waals surface area contributed by atoms with E-state index in [2.05, 4.69) is 18.8 Å². The number of piperidine rings is 1. The van der Waals surface area contributed by atoms with Gasteiger partial charge in [-0.2, -0.15) is 4.31 Å². The van der Waals surface area contributed by atoms with Crippen LogP contribution >= 0.6 is 0 Å². The van der Waals surface area contributed by atoms with Crippen LogP contribution in [0.1, 0.15) is 25.3 Å². The van der Waals surface area contributed by atoms with Gasteiger partial charge in [0, 0.05) is 19.6 Å². The Morgan fingerprint density at radius 2 is 2.09 bits per heavy atom. The highest BCUT2D eigenvalue weighted by Crippen LogP contribution is 2.23. The smallest absolute Gasteiger partial charge is 0.243 e. The number of hydrogen-bond donors (Lipinski definition) is 1. The Morgan fingerprint density at radius 1 is 1.41 bits per heavy atom. The van der Waals surface area contributed by atoms with Gasteiger partial charge in [0.2, 0.25) is 15.9 Å². The van der Waals surface area contributed by atoms with Crippen LogP contribution in [0.25, 0.3) is 0 Å². The predicted molar refractivity (Wildman–Crippen MR) is 85.6 cm³/mol. The van der Waals surface area contributed by atoms with Gasteiger partial charge in [0.05, 0.1) is 4.90 Å². The SMILES string of the molecule is C=CC(=O)NCc1ccc(S(=O)(=O)N2CCCC(C)C2)cc1. The molecule has 1 aliphatic rings. The highest BCUT2D eigenvalue weighted by atomic mass is 32.2. The van der Waals surface area contributed by atoms with E-state index in [-0.39, 0.29) is 5.91 Å². The first-order valence-corrected chi connectivity index (χ1v) is 8.87. The maximum atomic E-state index is 12.6. The van der Waals surface area contributed by atoms with E-state index in [4.69, 9.17) is 0 Å². The third-order valence-corrected chi connectivity index (χ3v) is 5.71. The van der Waals surface area contributed by atoms with Crippen LogP contribution in [0.4, 0.5) is 0 Å². The second kappa shape index (κ2) is 7.07. The third-order valence-electron chi connectivity index (χ3n) is 3.83. The lowest BCUT2D eigenvalue weighted by atomic mass is 10.0. The number of nitrogens with zero attached hydrogens (tertiary/aromatic N) is 1. The van der Waals surface area contributed by atoms with Crippen LogP contribution in [0.5, 0.6) is 0 Å². The largest absolute Gasteiger partial charge is 0.348 e. The van der Waals surface area contributed by atoms with Gasteiger partial charge < -0.3 is 5.32 Å². The molecule has 1 atom stereocenters. The van der Waals surface area contributed by atoms with Crippen molar-refractivity contribution in [1.29, 1.82) is 0 Å².